The van der Waals surface area contributed by atoms with E-state index in [1.807, 2.05) is 13.8 Å². The van der Waals surface area contributed by atoms with Crippen molar-refractivity contribution in [1.29, 1.82) is 0 Å². The molecule has 1 saturated carbocycles. The third-order valence-corrected chi connectivity index (χ3v) is 4.70. The zero-order valence-electron chi connectivity index (χ0n) is 13.4. The lowest BCUT2D eigenvalue weighted by Gasteiger charge is -2.13. The number of oxime groups is 1. The Kier molecular flexibility index (Phi) is 4.41. The van der Waals surface area contributed by atoms with Gasteiger partial charge < -0.3 is 9.57 Å². The largest absolute Gasteiger partial charge is 0.457 e. The molecule has 5 heteroatoms. The molecule has 0 radical (unpaired) electrons. The first kappa shape index (κ1) is 16.3. The number of ether oxygens (including phenoxy) is 1. The van der Waals surface area contributed by atoms with Crippen LogP contribution in [0.3, 0.4) is 0 Å². The minimum atomic E-state index is -0.486. The molecular formula is C17H21NO4. The Morgan fingerprint density at radius 2 is 2.23 bits per heavy atom. The molecule has 118 valence electrons. The number of hydrogen-bond acceptors (Lipinski definition) is 5. The molecular weight excluding hydrogens is 282 g/mol. The Balaban J connectivity index is 2.04. The number of carbonyl (C=O) groups is 2. The molecule has 0 bridgehead atoms. The summed E-state index contributed by atoms with van der Waals surface area (Å²) >= 11 is 0. The highest BCUT2D eigenvalue weighted by Gasteiger charge is 2.62. The molecule has 22 heavy (non-hydrogen) atoms. The van der Waals surface area contributed by atoms with Crippen LogP contribution in [0.1, 0.15) is 33.6 Å². The van der Waals surface area contributed by atoms with Crippen molar-refractivity contribution in [3.63, 3.8) is 0 Å². The Morgan fingerprint density at radius 1 is 1.55 bits per heavy atom. The van der Waals surface area contributed by atoms with Crippen LogP contribution < -0.4 is 0 Å². The van der Waals surface area contributed by atoms with E-state index in [9.17, 15) is 9.59 Å². The van der Waals surface area contributed by atoms with Crippen LogP contribution >= 0.6 is 0 Å². The van der Waals surface area contributed by atoms with Gasteiger partial charge in [0.05, 0.1) is 12.3 Å². The van der Waals surface area contributed by atoms with Crippen molar-refractivity contribution < 1.29 is 19.2 Å². The van der Waals surface area contributed by atoms with E-state index in [1.165, 1.54) is 7.11 Å². The number of hydrogen-bond donors (Lipinski definition) is 0. The summed E-state index contributed by atoms with van der Waals surface area (Å²) in [5.41, 5.74) is 1.17. The van der Waals surface area contributed by atoms with Gasteiger partial charge in [0.15, 0.2) is 5.78 Å². The fraction of sp³-hybridized carbons (Fsp3) is 0.588. The molecule has 0 aromatic rings. The number of ketones is 1. The number of esters is 1. The third kappa shape index (κ3) is 2.78. The highest BCUT2D eigenvalue weighted by molar-refractivity contribution is 6.00. The second-order valence-electron chi connectivity index (χ2n) is 6.36. The van der Waals surface area contributed by atoms with Gasteiger partial charge in [0.2, 0.25) is 0 Å². The first-order valence-corrected chi connectivity index (χ1v) is 7.28. The van der Waals surface area contributed by atoms with Crippen LogP contribution in [-0.2, 0) is 19.2 Å². The number of rotatable bonds is 5. The molecule has 3 atom stereocenters. The Labute approximate surface area is 130 Å². The number of Topliss-reactive ketones (excluding diaryl/α,β-unsaturated/α-hetero) is 1. The second-order valence-corrected chi connectivity index (χ2v) is 6.36. The van der Waals surface area contributed by atoms with Crippen LogP contribution in [0, 0.1) is 29.6 Å². The van der Waals surface area contributed by atoms with E-state index in [2.05, 4.69) is 15.9 Å². The molecule has 2 aliphatic carbocycles. The molecule has 0 aromatic carbocycles. The van der Waals surface area contributed by atoms with Gasteiger partial charge in [-0.1, -0.05) is 19.0 Å². The molecule has 5 nitrogen and oxygen atoms in total. The van der Waals surface area contributed by atoms with Crippen molar-refractivity contribution >= 4 is 18.0 Å². The van der Waals surface area contributed by atoms with Gasteiger partial charge in [0.25, 0.3) is 0 Å². The lowest BCUT2D eigenvalue weighted by Crippen LogP contribution is -2.20. The minimum absolute atomic E-state index is 0.00785. The Hall–Kier alpha value is -2.09. The molecule has 0 aromatic heterocycles. The van der Waals surface area contributed by atoms with Gasteiger partial charge in [-0.3, -0.25) is 9.59 Å². The van der Waals surface area contributed by atoms with Crippen molar-refractivity contribution in [3.8, 4) is 12.3 Å². The molecule has 0 spiro atoms. The lowest BCUT2D eigenvalue weighted by molar-refractivity contribution is -0.150. The van der Waals surface area contributed by atoms with E-state index >= 15 is 0 Å². The average Bonchev–Trinajstić information content (AvgIpc) is 2.91. The first-order valence-electron chi connectivity index (χ1n) is 7.28. The summed E-state index contributed by atoms with van der Waals surface area (Å²) in [6.07, 6.45) is 6.90. The normalized spacial score (nSPS) is 29.6. The van der Waals surface area contributed by atoms with Gasteiger partial charge in [-0.2, -0.15) is 0 Å². The summed E-state index contributed by atoms with van der Waals surface area (Å²) in [5.74, 6) is 1.88. The van der Waals surface area contributed by atoms with E-state index in [1.54, 1.807) is 13.1 Å². The average molecular weight is 303 g/mol. The number of carbonyl (C=O) groups excluding carboxylic acids is 2. The molecule has 2 aliphatic rings. The number of nitrogens with zero attached hydrogens (tertiary/aromatic N) is 1. The molecule has 0 saturated heterocycles. The van der Waals surface area contributed by atoms with Crippen LogP contribution in [0.15, 0.2) is 16.3 Å². The summed E-state index contributed by atoms with van der Waals surface area (Å²) in [5, 5.41) is 3.74. The van der Waals surface area contributed by atoms with Gasteiger partial charge in [-0.25, -0.2) is 0 Å². The Bertz CT molecular complexity index is 594. The predicted octanol–water partition coefficient (Wildman–Crippen LogP) is 2.12. The summed E-state index contributed by atoms with van der Waals surface area (Å²) in [6.45, 7) is 5.77. The summed E-state index contributed by atoms with van der Waals surface area (Å²) < 4.78 is 5.55. The maximum atomic E-state index is 12.4. The summed E-state index contributed by atoms with van der Waals surface area (Å²) in [7, 11) is 1.46. The van der Waals surface area contributed by atoms with Gasteiger partial charge in [0.1, 0.15) is 13.2 Å². The maximum Gasteiger partial charge on any atom is 0.310 e. The minimum Gasteiger partial charge on any atom is -0.457 e. The molecule has 3 unspecified atom stereocenters. The van der Waals surface area contributed by atoms with Crippen molar-refractivity contribution in [3.05, 3.63) is 11.1 Å². The van der Waals surface area contributed by atoms with Gasteiger partial charge in [-0.05, 0) is 17.9 Å². The van der Waals surface area contributed by atoms with Gasteiger partial charge >= 0.3 is 5.97 Å². The Morgan fingerprint density at radius 3 is 2.82 bits per heavy atom. The van der Waals surface area contributed by atoms with Crippen LogP contribution in [0.5, 0.6) is 0 Å². The van der Waals surface area contributed by atoms with Crippen LogP contribution in [0.2, 0.25) is 0 Å². The van der Waals surface area contributed by atoms with Crippen molar-refractivity contribution in [2.75, 3.05) is 7.11 Å². The molecule has 0 amide bonds. The lowest BCUT2D eigenvalue weighted by atomic mass is 10.1. The second kappa shape index (κ2) is 5.96. The highest BCUT2D eigenvalue weighted by Crippen LogP contribution is 2.58. The number of terminal acetylenes is 1. The predicted molar refractivity (Wildman–Crippen MR) is 81.9 cm³/mol. The topological polar surface area (TPSA) is 65.0 Å². The molecule has 0 N–H and O–H groups in total. The van der Waals surface area contributed by atoms with E-state index in [0.29, 0.717) is 5.57 Å². The third-order valence-electron chi connectivity index (χ3n) is 4.70. The van der Waals surface area contributed by atoms with Gasteiger partial charge in [0, 0.05) is 24.1 Å². The standard InChI is InChI=1S/C17H21NO4/c1-6-7-11-10(2)14(8-13(11)19)22-16(20)15-12(9-18-21-5)17(15,3)4/h1,9,12,14-15H,7-8H2,2-5H3/b18-9+. The zero-order chi connectivity index (χ0) is 16.5. The summed E-state index contributed by atoms with van der Waals surface area (Å²) in [4.78, 5) is 28.9. The first-order chi connectivity index (χ1) is 10.3. The summed E-state index contributed by atoms with van der Waals surface area (Å²) in [6, 6.07) is 0. The van der Waals surface area contributed by atoms with Crippen LogP contribution in [0.4, 0.5) is 0 Å². The van der Waals surface area contributed by atoms with Crippen LogP contribution in [0.25, 0.3) is 0 Å². The SMILES string of the molecule is C#CCC1=C(C)C(OC(=O)C2C(/C=N/OC)C2(C)C)CC1=O. The maximum absolute atomic E-state index is 12.4. The fourth-order valence-corrected chi connectivity index (χ4v) is 3.08. The van der Waals surface area contributed by atoms with E-state index in [4.69, 9.17) is 11.2 Å². The monoisotopic (exact) mass is 303 g/mol. The van der Waals surface area contributed by atoms with Gasteiger partial charge in [-0.15, -0.1) is 12.3 Å². The highest BCUT2D eigenvalue weighted by atomic mass is 16.6. The molecule has 0 heterocycles. The molecule has 1 fully saturated rings. The quantitative estimate of drug-likeness (QED) is 0.338. The van der Waals surface area contributed by atoms with Crippen molar-refractivity contribution in [1.82, 2.24) is 0 Å². The van der Waals surface area contributed by atoms with E-state index < -0.39 is 6.10 Å². The van der Waals surface area contributed by atoms with E-state index in [-0.39, 0.29) is 41.8 Å². The molecule has 2 rings (SSSR count). The van der Waals surface area contributed by atoms with Crippen molar-refractivity contribution in [2.24, 2.45) is 22.4 Å². The molecule has 0 aliphatic heterocycles. The zero-order valence-corrected chi connectivity index (χ0v) is 13.4. The smallest absolute Gasteiger partial charge is 0.310 e. The van der Waals surface area contributed by atoms with Crippen LogP contribution in [-0.4, -0.2) is 31.2 Å². The van der Waals surface area contributed by atoms with E-state index in [0.717, 1.165) is 5.57 Å². The van der Waals surface area contributed by atoms with Crippen molar-refractivity contribution in [2.45, 2.75) is 39.7 Å². The fourth-order valence-electron chi connectivity index (χ4n) is 3.08. The number of allylic oxidation sites excluding steroid dienone is 1.